The Labute approximate surface area is 168 Å². The molecule has 5 nitrogen and oxygen atoms in total. The molecular formula is C22H23F2N3O2. The van der Waals surface area contributed by atoms with Crippen molar-refractivity contribution < 1.29 is 18.4 Å². The van der Waals surface area contributed by atoms with Crippen LogP contribution in [0.15, 0.2) is 48.5 Å². The van der Waals surface area contributed by atoms with Gasteiger partial charge in [-0.25, -0.2) is 13.6 Å². The highest BCUT2D eigenvalue weighted by Gasteiger charge is 2.41. The highest BCUT2D eigenvalue weighted by Crippen LogP contribution is 2.35. The first kappa shape index (κ1) is 19.4. The van der Waals surface area contributed by atoms with E-state index < -0.39 is 11.6 Å². The first-order valence-corrected chi connectivity index (χ1v) is 9.91. The van der Waals surface area contributed by atoms with Gasteiger partial charge in [-0.2, -0.15) is 0 Å². The zero-order chi connectivity index (χ0) is 20.4. The summed E-state index contributed by atoms with van der Waals surface area (Å²) in [5.41, 5.74) is 0.451. The standard InChI is InChI=1S/C22H23F2N3O2/c23-15-6-3-5-14(11-15)21(28)25-16-12-17-7-4-8-18(13-16)27(17)22(29)26-20-10-2-1-9-19(20)24/h1-3,5-6,9-11,16-18H,4,7-8,12-13H2,(H,25,28)(H,26,29). The number of nitrogens with zero attached hydrogens (tertiary/aromatic N) is 1. The van der Waals surface area contributed by atoms with Gasteiger partial charge in [0.2, 0.25) is 0 Å². The summed E-state index contributed by atoms with van der Waals surface area (Å²) in [5.74, 6) is -1.23. The second-order valence-corrected chi connectivity index (χ2v) is 7.71. The van der Waals surface area contributed by atoms with Gasteiger partial charge in [-0.05, 0) is 62.4 Å². The van der Waals surface area contributed by atoms with E-state index >= 15 is 0 Å². The first-order chi connectivity index (χ1) is 14.0. The van der Waals surface area contributed by atoms with Crippen LogP contribution < -0.4 is 10.6 Å². The van der Waals surface area contributed by atoms with Crippen LogP contribution in [0.2, 0.25) is 0 Å². The van der Waals surface area contributed by atoms with E-state index in [9.17, 15) is 18.4 Å². The van der Waals surface area contributed by atoms with E-state index in [4.69, 9.17) is 0 Å². The Kier molecular flexibility index (Phi) is 5.47. The smallest absolute Gasteiger partial charge is 0.322 e. The molecule has 2 N–H and O–H groups in total. The number of amides is 3. The fourth-order valence-electron chi connectivity index (χ4n) is 4.47. The number of hydrogen-bond acceptors (Lipinski definition) is 2. The zero-order valence-electron chi connectivity index (χ0n) is 15.9. The lowest BCUT2D eigenvalue weighted by Gasteiger charge is -2.48. The molecule has 2 aliphatic rings. The molecule has 7 heteroatoms. The van der Waals surface area contributed by atoms with Crippen molar-refractivity contribution in [1.82, 2.24) is 10.2 Å². The molecule has 152 valence electrons. The van der Waals surface area contributed by atoms with Crippen LogP contribution in [-0.4, -0.2) is 35.0 Å². The Hall–Kier alpha value is -2.96. The topological polar surface area (TPSA) is 61.4 Å². The van der Waals surface area contributed by atoms with Gasteiger partial charge in [0.25, 0.3) is 5.91 Å². The molecule has 2 unspecified atom stereocenters. The quantitative estimate of drug-likeness (QED) is 0.808. The monoisotopic (exact) mass is 399 g/mol. The van der Waals surface area contributed by atoms with Crippen molar-refractivity contribution in [1.29, 1.82) is 0 Å². The maximum atomic E-state index is 13.9. The van der Waals surface area contributed by atoms with Crippen molar-refractivity contribution in [3.8, 4) is 0 Å². The number of piperidine rings is 2. The highest BCUT2D eigenvalue weighted by molar-refractivity contribution is 5.94. The van der Waals surface area contributed by atoms with Crippen LogP contribution in [0.5, 0.6) is 0 Å². The molecule has 2 bridgehead atoms. The molecular weight excluding hydrogens is 376 g/mol. The van der Waals surface area contributed by atoms with Crippen LogP contribution in [0.4, 0.5) is 19.3 Å². The summed E-state index contributed by atoms with van der Waals surface area (Å²) in [6.07, 6.45) is 3.95. The Bertz CT molecular complexity index is 906. The lowest BCUT2D eigenvalue weighted by Crippen LogP contribution is -2.59. The van der Waals surface area contributed by atoms with Gasteiger partial charge < -0.3 is 15.5 Å². The Morgan fingerprint density at radius 1 is 0.966 bits per heavy atom. The molecule has 0 aliphatic carbocycles. The molecule has 29 heavy (non-hydrogen) atoms. The van der Waals surface area contributed by atoms with Gasteiger partial charge in [0.15, 0.2) is 0 Å². The lowest BCUT2D eigenvalue weighted by molar-refractivity contribution is 0.0576. The number of anilines is 1. The van der Waals surface area contributed by atoms with Gasteiger partial charge >= 0.3 is 6.03 Å². The number of para-hydroxylation sites is 1. The van der Waals surface area contributed by atoms with Crippen molar-refractivity contribution in [3.05, 3.63) is 65.7 Å². The minimum Gasteiger partial charge on any atom is -0.349 e. The Morgan fingerprint density at radius 2 is 1.69 bits per heavy atom. The first-order valence-electron chi connectivity index (χ1n) is 9.91. The van der Waals surface area contributed by atoms with Crippen LogP contribution >= 0.6 is 0 Å². The Balaban J connectivity index is 1.43. The van der Waals surface area contributed by atoms with Crippen molar-refractivity contribution in [2.24, 2.45) is 0 Å². The lowest BCUT2D eigenvalue weighted by atomic mass is 9.82. The number of carbonyl (C=O) groups is 2. The molecule has 3 amide bonds. The largest absolute Gasteiger partial charge is 0.349 e. The van der Waals surface area contributed by atoms with Crippen LogP contribution in [0, 0.1) is 11.6 Å². The molecule has 2 aliphatic heterocycles. The van der Waals surface area contributed by atoms with Gasteiger partial charge in [0, 0.05) is 23.7 Å². The predicted molar refractivity (Wildman–Crippen MR) is 106 cm³/mol. The summed E-state index contributed by atoms with van der Waals surface area (Å²) in [5, 5.41) is 5.66. The van der Waals surface area contributed by atoms with Crippen molar-refractivity contribution >= 4 is 17.6 Å². The van der Waals surface area contributed by atoms with Gasteiger partial charge in [-0.15, -0.1) is 0 Å². The predicted octanol–water partition coefficient (Wildman–Crippen LogP) is 4.31. The number of halogens is 2. The zero-order valence-corrected chi connectivity index (χ0v) is 15.9. The van der Waals surface area contributed by atoms with Crippen molar-refractivity contribution in [2.45, 2.75) is 50.2 Å². The average molecular weight is 399 g/mol. The number of hydrogen-bond donors (Lipinski definition) is 2. The number of benzene rings is 2. The summed E-state index contributed by atoms with van der Waals surface area (Å²) in [6, 6.07) is 11.3. The molecule has 2 aromatic carbocycles. The van der Waals surface area contributed by atoms with Crippen molar-refractivity contribution in [2.75, 3.05) is 5.32 Å². The Morgan fingerprint density at radius 3 is 2.38 bits per heavy atom. The molecule has 0 saturated carbocycles. The van der Waals surface area contributed by atoms with E-state index in [1.807, 2.05) is 0 Å². The third-order valence-corrected chi connectivity index (χ3v) is 5.75. The summed E-state index contributed by atoms with van der Waals surface area (Å²) >= 11 is 0. The maximum absolute atomic E-state index is 13.9. The van der Waals surface area contributed by atoms with Gasteiger partial charge in [-0.3, -0.25) is 4.79 Å². The fraction of sp³-hybridized carbons (Fsp3) is 0.364. The summed E-state index contributed by atoms with van der Waals surface area (Å²) < 4.78 is 27.3. The SMILES string of the molecule is O=C(NC1CC2CCCC(C1)N2C(=O)Nc1ccccc1F)c1cccc(F)c1. The minimum absolute atomic E-state index is 0.0212. The van der Waals surface area contributed by atoms with Crippen molar-refractivity contribution in [3.63, 3.8) is 0 Å². The van der Waals surface area contributed by atoms with E-state index in [-0.39, 0.29) is 41.3 Å². The molecule has 2 fully saturated rings. The van der Waals surface area contributed by atoms with E-state index in [1.165, 1.54) is 30.3 Å². The van der Waals surface area contributed by atoms with E-state index in [2.05, 4.69) is 10.6 Å². The number of carbonyl (C=O) groups excluding carboxylic acids is 2. The molecule has 2 atom stereocenters. The van der Waals surface area contributed by atoms with Crippen LogP contribution in [0.25, 0.3) is 0 Å². The third-order valence-electron chi connectivity index (χ3n) is 5.75. The number of nitrogens with one attached hydrogen (secondary N) is 2. The molecule has 2 aromatic rings. The number of rotatable bonds is 3. The summed E-state index contributed by atoms with van der Waals surface area (Å²) in [4.78, 5) is 27.1. The third kappa shape index (κ3) is 4.23. The summed E-state index contributed by atoms with van der Waals surface area (Å²) in [7, 11) is 0. The molecule has 4 rings (SSSR count). The van der Waals surface area contributed by atoms with Gasteiger partial charge in [-0.1, -0.05) is 18.2 Å². The highest BCUT2D eigenvalue weighted by atomic mass is 19.1. The second kappa shape index (κ2) is 8.19. The van der Waals surface area contributed by atoms with Crippen LogP contribution in [-0.2, 0) is 0 Å². The molecule has 0 spiro atoms. The minimum atomic E-state index is -0.469. The van der Waals surface area contributed by atoms with Gasteiger partial charge in [0.1, 0.15) is 11.6 Å². The normalized spacial score (nSPS) is 23.4. The molecule has 0 radical (unpaired) electrons. The molecule has 2 heterocycles. The molecule has 2 saturated heterocycles. The van der Waals surface area contributed by atoms with Crippen LogP contribution in [0.3, 0.4) is 0 Å². The second-order valence-electron chi connectivity index (χ2n) is 7.71. The number of fused-ring (bicyclic) bond motifs is 2. The van der Waals surface area contributed by atoms with E-state index in [0.29, 0.717) is 12.8 Å². The van der Waals surface area contributed by atoms with E-state index in [0.717, 1.165) is 19.3 Å². The number of urea groups is 1. The average Bonchev–Trinajstić information content (AvgIpc) is 2.69. The fourth-order valence-corrected chi connectivity index (χ4v) is 4.47. The van der Waals surface area contributed by atoms with Crippen LogP contribution in [0.1, 0.15) is 42.5 Å². The maximum Gasteiger partial charge on any atom is 0.322 e. The van der Waals surface area contributed by atoms with Gasteiger partial charge in [0.05, 0.1) is 5.69 Å². The summed E-state index contributed by atoms with van der Waals surface area (Å²) in [6.45, 7) is 0. The molecule has 0 aromatic heterocycles. The van der Waals surface area contributed by atoms with E-state index in [1.54, 1.807) is 23.1 Å².